The standard InChI is InChI=1S/C21H18N2O3S/c1-16-11-13-18(14-12-16)27(25,26)23-20-10-6-5-9-19(20)22(21(23)24)15-17-7-3-2-4-8-17/h2-14H,15H2,1H3. The summed E-state index contributed by atoms with van der Waals surface area (Å²) in [6, 6.07) is 23.0. The summed E-state index contributed by atoms with van der Waals surface area (Å²) in [5.41, 5.74) is 2.27. The summed E-state index contributed by atoms with van der Waals surface area (Å²) in [5, 5.41) is 0. The second-order valence-corrected chi connectivity index (χ2v) is 8.21. The Hall–Kier alpha value is -3.12. The Morgan fingerprint density at radius 1 is 0.778 bits per heavy atom. The van der Waals surface area contributed by atoms with Crippen LogP contribution in [0.5, 0.6) is 0 Å². The van der Waals surface area contributed by atoms with E-state index in [9.17, 15) is 13.2 Å². The summed E-state index contributed by atoms with van der Waals surface area (Å²) in [6.07, 6.45) is 0. The third-order valence-corrected chi connectivity index (χ3v) is 6.24. The van der Waals surface area contributed by atoms with Crippen molar-refractivity contribution < 1.29 is 8.42 Å². The summed E-state index contributed by atoms with van der Waals surface area (Å²) in [7, 11) is -4.00. The molecular formula is C21H18N2O3S. The Labute approximate surface area is 157 Å². The lowest BCUT2D eigenvalue weighted by atomic mass is 10.2. The number of para-hydroxylation sites is 2. The molecule has 0 saturated carbocycles. The van der Waals surface area contributed by atoms with Gasteiger partial charge in [-0.3, -0.25) is 4.57 Å². The van der Waals surface area contributed by atoms with Crippen LogP contribution in [0, 0.1) is 6.92 Å². The summed E-state index contributed by atoms with van der Waals surface area (Å²) in [4.78, 5) is 13.2. The average molecular weight is 378 g/mol. The van der Waals surface area contributed by atoms with Gasteiger partial charge >= 0.3 is 5.69 Å². The smallest absolute Gasteiger partial charge is 0.287 e. The summed E-state index contributed by atoms with van der Waals surface area (Å²) >= 11 is 0. The van der Waals surface area contributed by atoms with Gasteiger partial charge in [0.1, 0.15) is 0 Å². The zero-order valence-electron chi connectivity index (χ0n) is 14.7. The first kappa shape index (κ1) is 17.3. The molecule has 0 bridgehead atoms. The van der Waals surface area contributed by atoms with Crippen molar-refractivity contribution in [1.29, 1.82) is 0 Å². The van der Waals surface area contributed by atoms with E-state index in [1.807, 2.05) is 37.3 Å². The third-order valence-electron chi connectivity index (χ3n) is 4.54. The molecule has 0 aliphatic rings. The maximum absolute atomic E-state index is 13.2. The maximum Gasteiger partial charge on any atom is 0.343 e. The van der Waals surface area contributed by atoms with Gasteiger partial charge in [-0.1, -0.05) is 60.2 Å². The Bertz CT molecular complexity index is 1270. The van der Waals surface area contributed by atoms with Gasteiger partial charge < -0.3 is 0 Å². The van der Waals surface area contributed by atoms with Crippen LogP contribution >= 0.6 is 0 Å². The van der Waals surface area contributed by atoms with E-state index in [2.05, 4.69) is 0 Å². The number of fused-ring (bicyclic) bond motifs is 1. The highest BCUT2D eigenvalue weighted by atomic mass is 32.2. The Morgan fingerprint density at radius 2 is 1.37 bits per heavy atom. The molecule has 0 spiro atoms. The molecule has 136 valence electrons. The van der Waals surface area contributed by atoms with Gasteiger partial charge in [0.15, 0.2) is 0 Å². The second-order valence-electron chi connectivity index (χ2n) is 6.43. The van der Waals surface area contributed by atoms with Gasteiger partial charge in [0.25, 0.3) is 10.0 Å². The number of aryl methyl sites for hydroxylation is 1. The molecule has 0 aliphatic carbocycles. The van der Waals surface area contributed by atoms with Gasteiger partial charge in [-0.15, -0.1) is 0 Å². The quantitative estimate of drug-likeness (QED) is 0.547. The largest absolute Gasteiger partial charge is 0.343 e. The molecule has 4 rings (SSSR count). The van der Waals surface area contributed by atoms with E-state index in [-0.39, 0.29) is 4.90 Å². The predicted octanol–water partition coefficient (Wildman–Crippen LogP) is 3.40. The Balaban J connectivity index is 1.95. The van der Waals surface area contributed by atoms with Crippen LogP contribution < -0.4 is 5.69 Å². The van der Waals surface area contributed by atoms with Crippen LogP contribution in [0.4, 0.5) is 0 Å². The van der Waals surface area contributed by atoms with E-state index >= 15 is 0 Å². The molecule has 0 N–H and O–H groups in total. The van der Waals surface area contributed by atoms with Crippen LogP contribution in [-0.2, 0) is 16.6 Å². The van der Waals surface area contributed by atoms with E-state index in [1.165, 1.54) is 16.7 Å². The SMILES string of the molecule is Cc1ccc(S(=O)(=O)n2c(=O)n(Cc3ccccc3)c3ccccc32)cc1. The predicted molar refractivity (Wildman–Crippen MR) is 106 cm³/mol. The molecule has 0 amide bonds. The topological polar surface area (TPSA) is 61.1 Å². The monoisotopic (exact) mass is 378 g/mol. The second kappa shape index (κ2) is 6.55. The number of rotatable bonds is 4. The molecular weight excluding hydrogens is 360 g/mol. The lowest BCUT2D eigenvalue weighted by molar-refractivity contribution is 0.585. The fraction of sp³-hybridized carbons (Fsp3) is 0.0952. The van der Waals surface area contributed by atoms with Gasteiger partial charge in [0, 0.05) is 0 Å². The molecule has 1 aromatic heterocycles. The van der Waals surface area contributed by atoms with Crippen molar-refractivity contribution in [1.82, 2.24) is 8.54 Å². The van der Waals surface area contributed by atoms with Crippen LogP contribution in [0.2, 0.25) is 0 Å². The number of aromatic nitrogens is 2. The molecule has 0 saturated heterocycles. The average Bonchev–Trinajstić information content (AvgIpc) is 2.95. The van der Waals surface area contributed by atoms with Crippen LogP contribution in [0.1, 0.15) is 11.1 Å². The highest BCUT2D eigenvalue weighted by Crippen LogP contribution is 2.20. The molecule has 0 radical (unpaired) electrons. The van der Waals surface area contributed by atoms with Gasteiger partial charge in [0.05, 0.1) is 22.5 Å². The molecule has 0 atom stereocenters. The zero-order chi connectivity index (χ0) is 19.0. The first-order valence-electron chi connectivity index (χ1n) is 8.55. The first-order chi connectivity index (χ1) is 13.0. The molecule has 3 aromatic carbocycles. The van der Waals surface area contributed by atoms with Crippen molar-refractivity contribution in [2.24, 2.45) is 0 Å². The van der Waals surface area contributed by atoms with E-state index in [4.69, 9.17) is 0 Å². The van der Waals surface area contributed by atoms with Crippen molar-refractivity contribution in [3.63, 3.8) is 0 Å². The van der Waals surface area contributed by atoms with Crippen LogP contribution in [-0.4, -0.2) is 17.0 Å². The highest BCUT2D eigenvalue weighted by Gasteiger charge is 2.25. The van der Waals surface area contributed by atoms with Gasteiger partial charge in [0.2, 0.25) is 0 Å². The first-order valence-corrected chi connectivity index (χ1v) is 9.99. The van der Waals surface area contributed by atoms with Crippen molar-refractivity contribution in [3.8, 4) is 0 Å². The summed E-state index contributed by atoms with van der Waals surface area (Å²) in [5.74, 6) is 0. The van der Waals surface area contributed by atoms with E-state index < -0.39 is 15.7 Å². The minimum absolute atomic E-state index is 0.0952. The van der Waals surface area contributed by atoms with Crippen LogP contribution in [0.15, 0.2) is 88.6 Å². The van der Waals surface area contributed by atoms with E-state index in [0.717, 1.165) is 15.1 Å². The lowest BCUT2D eigenvalue weighted by Gasteiger charge is -2.06. The van der Waals surface area contributed by atoms with Crippen LogP contribution in [0.25, 0.3) is 11.0 Å². The molecule has 1 heterocycles. The molecule has 0 unspecified atom stereocenters. The normalized spacial score (nSPS) is 11.7. The van der Waals surface area contributed by atoms with Crippen molar-refractivity contribution >= 4 is 21.1 Å². The minimum atomic E-state index is -4.00. The van der Waals surface area contributed by atoms with Crippen LogP contribution in [0.3, 0.4) is 0 Å². The number of imidazole rings is 1. The molecule has 27 heavy (non-hydrogen) atoms. The molecule has 5 nitrogen and oxygen atoms in total. The van der Waals surface area contributed by atoms with Crippen molar-refractivity contribution in [2.75, 3.05) is 0 Å². The van der Waals surface area contributed by atoms with Crippen molar-refractivity contribution in [3.05, 3.63) is 100 Å². The van der Waals surface area contributed by atoms with Gasteiger partial charge in [-0.2, -0.15) is 3.97 Å². The van der Waals surface area contributed by atoms with E-state index in [1.54, 1.807) is 36.4 Å². The minimum Gasteiger partial charge on any atom is -0.287 e. The number of benzene rings is 3. The fourth-order valence-corrected chi connectivity index (χ4v) is 4.55. The fourth-order valence-electron chi connectivity index (χ4n) is 3.15. The number of hydrogen-bond donors (Lipinski definition) is 0. The molecule has 0 fully saturated rings. The zero-order valence-corrected chi connectivity index (χ0v) is 15.6. The highest BCUT2D eigenvalue weighted by molar-refractivity contribution is 7.90. The lowest BCUT2D eigenvalue weighted by Crippen LogP contribution is -2.29. The number of hydrogen-bond acceptors (Lipinski definition) is 3. The molecule has 6 heteroatoms. The Morgan fingerprint density at radius 3 is 2.04 bits per heavy atom. The third kappa shape index (κ3) is 2.98. The molecule has 0 aliphatic heterocycles. The maximum atomic E-state index is 13.2. The summed E-state index contributed by atoms with van der Waals surface area (Å²) in [6.45, 7) is 2.19. The van der Waals surface area contributed by atoms with E-state index in [0.29, 0.717) is 17.6 Å². The molecule has 4 aromatic rings. The Kier molecular flexibility index (Phi) is 4.20. The summed E-state index contributed by atoms with van der Waals surface area (Å²) < 4.78 is 28.8. The van der Waals surface area contributed by atoms with Gasteiger partial charge in [-0.25, -0.2) is 13.2 Å². The van der Waals surface area contributed by atoms with Crippen molar-refractivity contribution in [2.45, 2.75) is 18.4 Å². The van der Waals surface area contributed by atoms with Gasteiger partial charge in [-0.05, 0) is 36.8 Å². The number of nitrogens with zero attached hydrogens (tertiary/aromatic N) is 2.